The lowest BCUT2D eigenvalue weighted by Gasteiger charge is -2.24. The van der Waals surface area contributed by atoms with E-state index in [-0.39, 0.29) is 0 Å². The van der Waals surface area contributed by atoms with Crippen LogP contribution in [0.25, 0.3) is 0 Å². The second-order valence-electron chi connectivity index (χ2n) is 5.66. The second-order valence-corrected chi connectivity index (χ2v) is 5.66. The van der Waals surface area contributed by atoms with Crippen molar-refractivity contribution in [3.63, 3.8) is 0 Å². The predicted octanol–water partition coefficient (Wildman–Crippen LogP) is 3.06. The molecule has 2 unspecified atom stereocenters. The van der Waals surface area contributed by atoms with Gasteiger partial charge in [-0.1, -0.05) is 26.3 Å². The maximum absolute atomic E-state index is 5.79. The zero-order chi connectivity index (χ0) is 14.1. The van der Waals surface area contributed by atoms with E-state index in [9.17, 15) is 0 Å². The van der Waals surface area contributed by atoms with E-state index in [1.165, 1.54) is 12.8 Å². The molecule has 19 heavy (non-hydrogen) atoms. The van der Waals surface area contributed by atoms with E-state index in [1.54, 1.807) is 0 Å². The maximum Gasteiger partial charge on any atom is 0.0543 e. The summed E-state index contributed by atoms with van der Waals surface area (Å²) in [5, 5.41) is 0. The minimum Gasteiger partial charge on any atom is -0.328 e. The summed E-state index contributed by atoms with van der Waals surface area (Å²) in [6.45, 7) is 9.82. The van der Waals surface area contributed by atoms with Crippen LogP contribution >= 0.6 is 0 Å². The van der Waals surface area contributed by atoms with Gasteiger partial charge in [0.15, 0.2) is 0 Å². The van der Waals surface area contributed by atoms with Crippen LogP contribution < -0.4 is 5.73 Å². The van der Waals surface area contributed by atoms with Crippen LogP contribution in [0.4, 0.5) is 0 Å². The van der Waals surface area contributed by atoms with Crippen molar-refractivity contribution in [2.75, 3.05) is 13.1 Å². The van der Waals surface area contributed by atoms with Gasteiger partial charge in [0.1, 0.15) is 0 Å². The molecule has 0 aliphatic carbocycles. The molecule has 3 heteroatoms. The molecular weight excluding hydrogens is 234 g/mol. The fourth-order valence-corrected chi connectivity index (χ4v) is 2.35. The third-order valence-electron chi connectivity index (χ3n) is 3.49. The zero-order valence-electron chi connectivity index (χ0n) is 12.7. The molecule has 0 saturated heterocycles. The highest BCUT2D eigenvalue weighted by Gasteiger charge is 2.10. The highest BCUT2D eigenvalue weighted by atomic mass is 15.1. The maximum atomic E-state index is 5.79. The first-order valence-electron chi connectivity index (χ1n) is 7.49. The monoisotopic (exact) mass is 263 g/mol. The van der Waals surface area contributed by atoms with Crippen molar-refractivity contribution >= 4 is 0 Å². The number of aromatic nitrogens is 1. The number of nitrogens with two attached hydrogens (primary N) is 1. The molecule has 1 aromatic rings. The lowest BCUT2D eigenvalue weighted by atomic mass is 10.0. The Morgan fingerprint density at radius 2 is 2.05 bits per heavy atom. The van der Waals surface area contributed by atoms with Crippen LogP contribution in [0, 0.1) is 5.92 Å². The van der Waals surface area contributed by atoms with E-state index in [4.69, 9.17) is 5.73 Å². The lowest BCUT2D eigenvalue weighted by Crippen LogP contribution is -2.28. The van der Waals surface area contributed by atoms with Crippen LogP contribution in [0.2, 0.25) is 0 Å². The van der Waals surface area contributed by atoms with Crippen molar-refractivity contribution in [3.8, 4) is 0 Å². The van der Waals surface area contributed by atoms with Gasteiger partial charge >= 0.3 is 0 Å². The molecule has 2 N–H and O–H groups in total. The Kier molecular flexibility index (Phi) is 7.68. The van der Waals surface area contributed by atoms with Crippen molar-refractivity contribution in [3.05, 3.63) is 30.1 Å². The van der Waals surface area contributed by atoms with Gasteiger partial charge in [-0.25, -0.2) is 0 Å². The largest absolute Gasteiger partial charge is 0.328 e. The first kappa shape index (κ1) is 16.1. The fourth-order valence-electron chi connectivity index (χ4n) is 2.35. The molecule has 3 nitrogen and oxygen atoms in total. The molecule has 0 aliphatic heterocycles. The number of hydrogen-bond donors (Lipinski definition) is 1. The number of nitrogens with zero attached hydrogens (tertiary/aromatic N) is 2. The number of pyridine rings is 1. The molecule has 0 amide bonds. The summed E-state index contributed by atoms with van der Waals surface area (Å²) >= 11 is 0. The Morgan fingerprint density at radius 3 is 2.63 bits per heavy atom. The highest BCUT2D eigenvalue weighted by Crippen LogP contribution is 2.12. The SMILES string of the molecule is CCN(Cc1ccccn1)CC(C)CCCC(C)N. The van der Waals surface area contributed by atoms with Crippen molar-refractivity contribution in [1.82, 2.24) is 9.88 Å². The Labute approximate surface area is 118 Å². The number of rotatable bonds is 9. The quantitative estimate of drug-likeness (QED) is 0.744. The average Bonchev–Trinajstić information content (AvgIpc) is 2.38. The van der Waals surface area contributed by atoms with E-state index in [1.807, 2.05) is 12.3 Å². The van der Waals surface area contributed by atoms with Gasteiger partial charge < -0.3 is 5.73 Å². The minimum absolute atomic E-state index is 0.336. The van der Waals surface area contributed by atoms with Crippen molar-refractivity contribution in [2.24, 2.45) is 11.7 Å². The molecule has 0 spiro atoms. The third-order valence-corrected chi connectivity index (χ3v) is 3.49. The van der Waals surface area contributed by atoms with E-state index >= 15 is 0 Å². The van der Waals surface area contributed by atoms with Gasteiger partial charge in [-0.2, -0.15) is 0 Å². The summed E-state index contributed by atoms with van der Waals surface area (Å²) in [4.78, 5) is 6.87. The normalized spacial score (nSPS) is 14.6. The van der Waals surface area contributed by atoms with Gasteiger partial charge in [0.05, 0.1) is 5.69 Å². The molecule has 0 aliphatic rings. The van der Waals surface area contributed by atoms with E-state index < -0.39 is 0 Å². The van der Waals surface area contributed by atoms with Crippen molar-refractivity contribution in [1.29, 1.82) is 0 Å². The molecule has 108 valence electrons. The Morgan fingerprint density at radius 1 is 1.26 bits per heavy atom. The second kappa shape index (κ2) is 9.05. The fraction of sp³-hybridized carbons (Fsp3) is 0.688. The molecule has 0 fully saturated rings. The lowest BCUT2D eigenvalue weighted by molar-refractivity contribution is 0.230. The molecule has 1 heterocycles. The van der Waals surface area contributed by atoms with Crippen LogP contribution in [0.1, 0.15) is 45.7 Å². The average molecular weight is 263 g/mol. The topological polar surface area (TPSA) is 42.2 Å². The van der Waals surface area contributed by atoms with E-state index in [0.717, 1.165) is 37.7 Å². The van der Waals surface area contributed by atoms with Crippen LogP contribution in [0.15, 0.2) is 24.4 Å². The summed E-state index contributed by atoms with van der Waals surface area (Å²) in [5.41, 5.74) is 6.95. The number of hydrogen-bond acceptors (Lipinski definition) is 3. The highest BCUT2D eigenvalue weighted by molar-refractivity contribution is 5.03. The Bertz CT molecular complexity index is 324. The molecule has 0 aromatic carbocycles. The summed E-state index contributed by atoms with van der Waals surface area (Å²) < 4.78 is 0. The summed E-state index contributed by atoms with van der Waals surface area (Å²) in [7, 11) is 0. The van der Waals surface area contributed by atoms with Crippen LogP contribution in [0.3, 0.4) is 0 Å². The molecule has 0 saturated carbocycles. The van der Waals surface area contributed by atoms with Crippen molar-refractivity contribution in [2.45, 2.75) is 52.6 Å². The first-order chi connectivity index (χ1) is 9.11. The molecule has 2 atom stereocenters. The van der Waals surface area contributed by atoms with Gasteiger partial charge in [0.2, 0.25) is 0 Å². The zero-order valence-corrected chi connectivity index (χ0v) is 12.7. The van der Waals surface area contributed by atoms with Crippen LogP contribution in [0.5, 0.6) is 0 Å². The Balaban J connectivity index is 2.31. The third kappa shape index (κ3) is 7.28. The standard InChI is InChI=1S/C16H29N3/c1-4-19(13-16-10-5-6-11-18-16)12-14(2)8-7-9-15(3)17/h5-6,10-11,14-15H,4,7-9,12-13,17H2,1-3H3. The summed E-state index contributed by atoms with van der Waals surface area (Å²) in [6.07, 6.45) is 5.51. The Hall–Kier alpha value is -0.930. The molecule has 0 bridgehead atoms. The van der Waals surface area contributed by atoms with Crippen LogP contribution in [-0.4, -0.2) is 29.0 Å². The predicted molar refractivity (Wildman–Crippen MR) is 81.9 cm³/mol. The van der Waals surface area contributed by atoms with Gasteiger partial charge in [-0.3, -0.25) is 9.88 Å². The van der Waals surface area contributed by atoms with Gasteiger partial charge in [0.25, 0.3) is 0 Å². The van der Waals surface area contributed by atoms with Crippen molar-refractivity contribution < 1.29 is 0 Å². The van der Waals surface area contributed by atoms with E-state index in [0.29, 0.717) is 6.04 Å². The minimum atomic E-state index is 0.336. The van der Waals surface area contributed by atoms with Crippen LogP contribution in [-0.2, 0) is 6.54 Å². The van der Waals surface area contributed by atoms with Gasteiger partial charge in [-0.15, -0.1) is 0 Å². The van der Waals surface area contributed by atoms with Gasteiger partial charge in [-0.05, 0) is 44.4 Å². The summed E-state index contributed by atoms with van der Waals surface area (Å²) in [5.74, 6) is 0.724. The molecule has 1 rings (SSSR count). The molecule has 1 aromatic heterocycles. The molecular formula is C16H29N3. The van der Waals surface area contributed by atoms with E-state index in [2.05, 4.69) is 42.8 Å². The van der Waals surface area contributed by atoms with Gasteiger partial charge in [0, 0.05) is 25.3 Å². The first-order valence-corrected chi connectivity index (χ1v) is 7.49. The molecule has 0 radical (unpaired) electrons. The smallest absolute Gasteiger partial charge is 0.0543 e. The summed E-state index contributed by atoms with van der Waals surface area (Å²) in [6, 6.07) is 6.46.